The first-order valence-electron chi connectivity index (χ1n) is 6.69. The van der Waals surface area contributed by atoms with Crippen molar-refractivity contribution in [2.75, 3.05) is 6.54 Å². The maximum absolute atomic E-state index is 12.4. The summed E-state index contributed by atoms with van der Waals surface area (Å²) in [4.78, 5) is 12.4. The zero-order chi connectivity index (χ0) is 14.6. The van der Waals surface area contributed by atoms with E-state index in [1.807, 2.05) is 30.7 Å². The topological polar surface area (TPSA) is 60.0 Å². The Morgan fingerprint density at radius 3 is 2.68 bits per heavy atom. The van der Waals surface area contributed by atoms with Crippen molar-refractivity contribution in [2.45, 2.75) is 46.2 Å². The van der Waals surface area contributed by atoms with Crippen molar-refractivity contribution < 1.29 is 4.79 Å². The van der Waals surface area contributed by atoms with Gasteiger partial charge in [-0.2, -0.15) is 0 Å². The number of aromatic nitrogens is 1. The largest absolute Gasteiger partial charge is 0.344 e. The van der Waals surface area contributed by atoms with Gasteiger partial charge >= 0.3 is 0 Å². The van der Waals surface area contributed by atoms with Gasteiger partial charge in [0.05, 0.1) is 5.54 Å². The highest BCUT2D eigenvalue weighted by molar-refractivity contribution is 9.10. The van der Waals surface area contributed by atoms with Gasteiger partial charge in [-0.15, -0.1) is 0 Å². The van der Waals surface area contributed by atoms with Crippen molar-refractivity contribution in [3.05, 3.63) is 22.4 Å². The van der Waals surface area contributed by atoms with E-state index >= 15 is 0 Å². The van der Waals surface area contributed by atoms with E-state index in [1.165, 1.54) is 0 Å². The second kappa shape index (κ2) is 6.57. The fourth-order valence-electron chi connectivity index (χ4n) is 2.35. The number of halogens is 1. The highest BCUT2D eigenvalue weighted by Crippen LogP contribution is 2.19. The second-order valence-corrected chi connectivity index (χ2v) is 6.56. The number of aryl methyl sites for hydroxylation is 1. The first-order valence-corrected chi connectivity index (χ1v) is 7.49. The lowest BCUT2D eigenvalue weighted by Gasteiger charge is -2.31. The van der Waals surface area contributed by atoms with E-state index < -0.39 is 0 Å². The number of nitrogens with zero attached hydrogens (tertiary/aromatic N) is 1. The predicted molar refractivity (Wildman–Crippen MR) is 82.2 cm³/mol. The van der Waals surface area contributed by atoms with E-state index in [0.29, 0.717) is 18.2 Å². The first kappa shape index (κ1) is 16.2. The Morgan fingerprint density at radius 1 is 1.58 bits per heavy atom. The molecular weight excluding hydrogens is 306 g/mol. The van der Waals surface area contributed by atoms with Crippen LogP contribution < -0.4 is 11.1 Å². The Hall–Kier alpha value is -0.810. The number of hydrogen-bond donors (Lipinski definition) is 2. The minimum atomic E-state index is -0.361. The normalized spacial score (nSPS) is 14.5. The number of carbonyl (C=O) groups is 1. The summed E-state index contributed by atoms with van der Waals surface area (Å²) in [5.41, 5.74) is 6.13. The van der Waals surface area contributed by atoms with Crippen molar-refractivity contribution in [1.82, 2.24) is 9.88 Å². The van der Waals surface area contributed by atoms with Crippen LogP contribution in [0.25, 0.3) is 0 Å². The SMILES string of the molecule is CCn1cc(Br)cc1C(=O)NC(C)(CN)CC(C)C. The third-order valence-electron chi connectivity index (χ3n) is 3.16. The van der Waals surface area contributed by atoms with Crippen molar-refractivity contribution in [2.24, 2.45) is 11.7 Å². The van der Waals surface area contributed by atoms with Crippen LogP contribution in [0.4, 0.5) is 0 Å². The van der Waals surface area contributed by atoms with Gasteiger partial charge in [-0.25, -0.2) is 0 Å². The van der Waals surface area contributed by atoms with Gasteiger partial charge in [0.25, 0.3) is 5.91 Å². The van der Waals surface area contributed by atoms with Crippen LogP contribution in [0.2, 0.25) is 0 Å². The van der Waals surface area contributed by atoms with Gasteiger partial charge in [-0.05, 0) is 48.2 Å². The molecule has 3 N–H and O–H groups in total. The molecule has 0 aliphatic carbocycles. The molecule has 0 saturated carbocycles. The molecule has 5 heteroatoms. The predicted octanol–water partition coefficient (Wildman–Crippen LogP) is 2.76. The van der Waals surface area contributed by atoms with Gasteiger partial charge in [0.1, 0.15) is 5.69 Å². The van der Waals surface area contributed by atoms with Crippen molar-refractivity contribution in [1.29, 1.82) is 0 Å². The molecule has 1 atom stereocenters. The first-order chi connectivity index (χ1) is 8.81. The van der Waals surface area contributed by atoms with Crippen LogP contribution >= 0.6 is 15.9 Å². The van der Waals surface area contributed by atoms with Crippen molar-refractivity contribution >= 4 is 21.8 Å². The summed E-state index contributed by atoms with van der Waals surface area (Å²) in [5, 5.41) is 3.07. The molecule has 4 nitrogen and oxygen atoms in total. The van der Waals surface area contributed by atoms with E-state index in [1.54, 1.807) is 0 Å². The smallest absolute Gasteiger partial charge is 0.268 e. The number of carbonyl (C=O) groups excluding carboxylic acids is 1. The van der Waals surface area contributed by atoms with E-state index in [-0.39, 0.29) is 11.4 Å². The molecule has 0 bridgehead atoms. The number of nitrogens with one attached hydrogen (secondary N) is 1. The fraction of sp³-hybridized carbons (Fsp3) is 0.643. The molecule has 1 amide bonds. The highest BCUT2D eigenvalue weighted by Gasteiger charge is 2.27. The van der Waals surface area contributed by atoms with Gasteiger partial charge in [-0.1, -0.05) is 13.8 Å². The summed E-state index contributed by atoms with van der Waals surface area (Å²) < 4.78 is 2.84. The number of nitrogens with two attached hydrogens (primary N) is 1. The molecule has 108 valence electrons. The number of amides is 1. The minimum absolute atomic E-state index is 0.0684. The Labute approximate surface area is 123 Å². The van der Waals surface area contributed by atoms with Gasteiger partial charge in [-0.3, -0.25) is 4.79 Å². The summed E-state index contributed by atoms with van der Waals surface area (Å²) in [6.07, 6.45) is 2.78. The van der Waals surface area contributed by atoms with Crippen molar-refractivity contribution in [3.63, 3.8) is 0 Å². The molecule has 1 rings (SSSR count). The van der Waals surface area contributed by atoms with Crippen LogP contribution in [-0.2, 0) is 6.54 Å². The summed E-state index contributed by atoms with van der Waals surface area (Å²) in [6, 6.07) is 1.84. The zero-order valence-electron chi connectivity index (χ0n) is 12.2. The van der Waals surface area contributed by atoms with Gasteiger partial charge in [0, 0.05) is 23.8 Å². The maximum atomic E-state index is 12.4. The minimum Gasteiger partial charge on any atom is -0.344 e. The lowest BCUT2D eigenvalue weighted by molar-refractivity contribution is 0.0889. The fourth-order valence-corrected chi connectivity index (χ4v) is 2.82. The van der Waals surface area contributed by atoms with Crippen LogP contribution in [0, 0.1) is 5.92 Å². The van der Waals surface area contributed by atoms with Crippen LogP contribution in [0.15, 0.2) is 16.7 Å². The molecular formula is C14H24BrN3O. The summed E-state index contributed by atoms with van der Waals surface area (Å²) >= 11 is 3.40. The molecule has 1 aromatic rings. The summed E-state index contributed by atoms with van der Waals surface area (Å²) in [6.45, 7) is 9.47. The van der Waals surface area contributed by atoms with Gasteiger partial charge < -0.3 is 15.6 Å². The van der Waals surface area contributed by atoms with Gasteiger partial charge in [0.2, 0.25) is 0 Å². The van der Waals surface area contributed by atoms with E-state index in [4.69, 9.17) is 5.73 Å². The molecule has 0 saturated heterocycles. The summed E-state index contributed by atoms with van der Waals surface area (Å²) in [7, 11) is 0. The van der Waals surface area contributed by atoms with Gasteiger partial charge in [0.15, 0.2) is 0 Å². The Balaban J connectivity index is 2.88. The molecule has 0 aliphatic heterocycles. The third-order valence-corrected chi connectivity index (χ3v) is 3.59. The molecule has 19 heavy (non-hydrogen) atoms. The highest BCUT2D eigenvalue weighted by atomic mass is 79.9. The number of rotatable bonds is 6. The standard InChI is InChI=1S/C14H24BrN3O/c1-5-18-8-11(15)6-12(18)13(19)17-14(4,9-16)7-10(2)3/h6,8,10H,5,7,9,16H2,1-4H3,(H,17,19). The Bertz CT molecular complexity index is 442. The summed E-state index contributed by atoms with van der Waals surface area (Å²) in [5.74, 6) is 0.416. The van der Waals surface area contributed by atoms with Crippen LogP contribution in [-0.4, -0.2) is 22.6 Å². The van der Waals surface area contributed by atoms with E-state index in [2.05, 4.69) is 35.1 Å². The molecule has 0 radical (unpaired) electrons. The lowest BCUT2D eigenvalue weighted by atomic mass is 9.90. The zero-order valence-corrected chi connectivity index (χ0v) is 13.8. The average Bonchev–Trinajstić information content (AvgIpc) is 2.69. The Morgan fingerprint density at radius 2 is 2.21 bits per heavy atom. The molecule has 0 aromatic carbocycles. The van der Waals surface area contributed by atoms with E-state index in [9.17, 15) is 4.79 Å². The van der Waals surface area contributed by atoms with Crippen LogP contribution in [0.5, 0.6) is 0 Å². The second-order valence-electron chi connectivity index (χ2n) is 5.65. The maximum Gasteiger partial charge on any atom is 0.268 e. The van der Waals surface area contributed by atoms with Crippen molar-refractivity contribution in [3.8, 4) is 0 Å². The number of hydrogen-bond acceptors (Lipinski definition) is 2. The third kappa shape index (κ3) is 4.35. The molecule has 1 aromatic heterocycles. The van der Waals surface area contributed by atoms with E-state index in [0.717, 1.165) is 17.4 Å². The molecule has 0 fully saturated rings. The quantitative estimate of drug-likeness (QED) is 0.843. The monoisotopic (exact) mass is 329 g/mol. The van der Waals surface area contributed by atoms with Crippen LogP contribution in [0.1, 0.15) is 44.6 Å². The average molecular weight is 330 g/mol. The lowest BCUT2D eigenvalue weighted by Crippen LogP contribution is -2.52. The molecule has 1 unspecified atom stereocenters. The molecule has 0 spiro atoms. The molecule has 0 aliphatic rings. The van der Waals surface area contributed by atoms with Crippen LogP contribution in [0.3, 0.4) is 0 Å². The molecule has 1 heterocycles. The Kier molecular flexibility index (Phi) is 5.62.